The van der Waals surface area contributed by atoms with Crippen molar-refractivity contribution >= 4 is 11.8 Å². The van der Waals surface area contributed by atoms with Crippen LogP contribution in [0, 0.1) is 17.7 Å². The average Bonchev–Trinajstić information content (AvgIpc) is 3.19. The van der Waals surface area contributed by atoms with Gasteiger partial charge in [0.15, 0.2) is 5.75 Å². The molecule has 1 aliphatic carbocycles. The predicted octanol–water partition coefficient (Wildman–Crippen LogP) is 3.45. The molecule has 2 saturated heterocycles. The third-order valence-corrected chi connectivity index (χ3v) is 6.37. The zero-order valence-corrected chi connectivity index (χ0v) is 18.9. The molecule has 0 radical (unpaired) electrons. The minimum Gasteiger partial charge on any atom is -0.445 e. The van der Waals surface area contributed by atoms with Crippen LogP contribution in [0.3, 0.4) is 0 Å². The average molecular weight is 458 g/mol. The number of benzene rings is 1. The Hall–Kier alpha value is -3.14. The highest BCUT2D eigenvalue weighted by atomic mass is 19.1. The van der Waals surface area contributed by atoms with E-state index in [0.29, 0.717) is 25.4 Å². The Morgan fingerprint density at radius 1 is 1.21 bits per heavy atom. The van der Waals surface area contributed by atoms with Crippen molar-refractivity contribution in [3.05, 3.63) is 36.4 Å². The normalized spacial score (nSPS) is 24.8. The summed E-state index contributed by atoms with van der Waals surface area (Å²) in [5.41, 5.74) is 0.449. The Morgan fingerprint density at radius 2 is 1.97 bits per heavy atom. The smallest absolute Gasteiger partial charge is 0.410 e. The number of anilines is 1. The summed E-state index contributed by atoms with van der Waals surface area (Å²) in [6.45, 7) is 3.31. The molecule has 3 unspecified atom stereocenters. The number of nitrogens with zero attached hydrogens (tertiary/aromatic N) is 4. The van der Waals surface area contributed by atoms with Crippen LogP contribution in [0.25, 0.3) is 0 Å². The van der Waals surface area contributed by atoms with Crippen molar-refractivity contribution in [2.45, 2.75) is 31.7 Å². The van der Waals surface area contributed by atoms with E-state index in [-0.39, 0.29) is 35.3 Å². The second-order valence-corrected chi connectivity index (χ2v) is 9.23. The fraction of sp³-hybridized carbons (Fsp3) is 0.522. The van der Waals surface area contributed by atoms with Crippen LogP contribution in [0.4, 0.5) is 14.9 Å². The van der Waals surface area contributed by atoms with Gasteiger partial charge in [-0.25, -0.2) is 4.79 Å². The van der Waals surface area contributed by atoms with Crippen LogP contribution in [0.15, 0.2) is 30.6 Å². The van der Waals surface area contributed by atoms with E-state index in [1.54, 1.807) is 17.0 Å². The summed E-state index contributed by atoms with van der Waals surface area (Å²) >= 11 is 0. The molecule has 3 aliphatic rings. The molecule has 10 heteroatoms. The maximum absolute atomic E-state index is 15.2. The molecule has 176 valence electrons. The second-order valence-electron chi connectivity index (χ2n) is 9.23. The zero-order chi connectivity index (χ0) is 23.2. The number of rotatable bonds is 6. The summed E-state index contributed by atoms with van der Waals surface area (Å²) in [4.78, 5) is 23.9. The molecule has 3 fully saturated rings. The van der Waals surface area contributed by atoms with Gasteiger partial charge in [0.1, 0.15) is 11.9 Å². The van der Waals surface area contributed by atoms with Crippen molar-refractivity contribution in [1.29, 1.82) is 0 Å². The first-order valence-corrected chi connectivity index (χ1v) is 11.0. The van der Waals surface area contributed by atoms with Crippen LogP contribution < -0.4 is 14.4 Å². The number of likely N-dealkylation sites (tertiary alicyclic amines) is 1. The monoisotopic (exact) mass is 458 g/mol. The molecule has 3 atom stereocenters. The molecule has 5 rings (SSSR count). The Kier molecular flexibility index (Phi) is 5.48. The zero-order valence-electron chi connectivity index (χ0n) is 18.9. The highest BCUT2D eigenvalue weighted by Crippen LogP contribution is 2.41. The van der Waals surface area contributed by atoms with Crippen LogP contribution in [0.2, 0.25) is 0 Å². The molecule has 0 bridgehead atoms. The first kappa shape index (κ1) is 21.7. The van der Waals surface area contributed by atoms with Gasteiger partial charge < -0.3 is 28.7 Å². The molecule has 3 heterocycles. The number of fused-ring (bicyclic) bond motifs is 1. The molecule has 1 saturated carbocycles. The van der Waals surface area contributed by atoms with Crippen molar-refractivity contribution in [2.75, 3.05) is 38.7 Å². The van der Waals surface area contributed by atoms with Gasteiger partial charge in [-0.1, -0.05) is 12.1 Å². The Morgan fingerprint density at radius 3 is 2.73 bits per heavy atom. The van der Waals surface area contributed by atoms with Crippen molar-refractivity contribution in [3.8, 4) is 17.5 Å². The third kappa shape index (κ3) is 4.39. The first-order chi connectivity index (χ1) is 15.8. The maximum Gasteiger partial charge on any atom is 0.410 e. The molecule has 1 amide bonds. The Labute approximate surface area is 191 Å². The number of amides is 1. The molecule has 2 aromatic rings. The topological polar surface area (TPSA) is 86.3 Å². The van der Waals surface area contributed by atoms with Gasteiger partial charge >= 0.3 is 6.09 Å². The van der Waals surface area contributed by atoms with Gasteiger partial charge in [-0.05, 0) is 31.9 Å². The lowest BCUT2D eigenvalue weighted by molar-refractivity contribution is -0.0702. The number of hydrogen-bond acceptors (Lipinski definition) is 8. The number of para-hydroxylation sites is 2. The fourth-order valence-electron chi connectivity index (χ4n) is 4.17. The van der Waals surface area contributed by atoms with Gasteiger partial charge in [-0.2, -0.15) is 14.4 Å². The van der Waals surface area contributed by atoms with E-state index in [1.807, 2.05) is 38.1 Å². The van der Waals surface area contributed by atoms with Gasteiger partial charge in [-0.3, -0.25) is 0 Å². The summed E-state index contributed by atoms with van der Waals surface area (Å²) in [6.07, 6.45) is 1.94. The van der Waals surface area contributed by atoms with E-state index in [2.05, 4.69) is 9.97 Å². The second kappa shape index (κ2) is 8.33. The molecule has 33 heavy (non-hydrogen) atoms. The number of hydrogen-bond donors (Lipinski definition) is 0. The molecular weight excluding hydrogens is 431 g/mol. The van der Waals surface area contributed by atoms with Gasteiger partial charge in [0, 0.05) is 39.0 Å². The van der Waals surface area contributed by atoms with Crippen molar-refractivity contribution in [3.63, 3.8) is 0 Å². The van der Waals surface area contributed by atoms with E-state index >= 15 is 4.39 Å². The Balaban J connectivity index is 1.27. The molecule has 0 N–H and O–H groups in total. The van der Waals surface area contributed by atoms with E-state index in [9.17, 15) is 4.79 Å². The van der Waals surface area contributed by atoms with Gasteiger partial charge in [0.05, 0.1) is 12.3 Å². The number of ether oxygens (including phenoxy) is 4. The quantitative estimate of drug-likeness (QED) is 0.651. The van der Waals surface area contributed by atoms with E-state index < -0.39 is 12.1 Å². The van der Waals surface area contributed by atoms with E-state index in [0.717, 1.165) is 18.5 Å². The molecule has 1 aromatic heterocycles. The van der Waals surface area contributed by atoms with Crippen molar-refractivity contribution in [2.24, 2.45) is 11.8 Å². The van der Waals surface area contributed by atoms with Gasteiger partial charge in [0.25, 0.3) is 11.8 Å². The summed E-state index contributed by atoms with van der Waals surface area (Å²) in [6, 6.07) is 7.26. The SMILES string of the molecule is CN(C)c1ccccc1Oc1ncnc(OC2OCC3CN(C(=O)OC4(C)CC4)CC32)c1F. The lowest BCUT2D eigenvalue weighted by Crippen LogP contribution is -2.35. The summed E-state index contributed by atoms with van der Waals surface area (Å²) in [5, 5.41) is 0. The maximum atomic E-state index is 15.2. The minimum absolute atomic E-state index is 0.0992. The van der Waals surface area contributed by atoms with Gasteiger partial charge in [0.2, 0.25) is 12.1 Å². The highest BCUT2D eigenvalue weighted by Gasteiger charge is 2.49. The predicted molar refractivity (Wildman–Crippen MR) is 116 cm³/mol. The lowest BCUT2D eigenvalue weighted by atomic mass is 9.99. The number of halogens is 1. The largest absolute Gasteiger partial charge is 0.445 e. The van der Waals surface area contributed by atoms with Crippen molar-refractivity contribution < 1.29 is 28.1 Å². The highest BCUT2D eigenvalue weighted by molar-refractivity contribution is 5.69. The summed E-state index contributed by atoms with van der Waals surface area (Å²) in [5.74, 6) is -0.843. The lowest BCUT2D eigenvalue weighted by Gasteiger charge is -2.22. The molecule has 2 aliphatic heterocycles. The summed E-state index contributed by atoms with van der Waals surface area (Å²) in [7, 11) is 3.74. The molecule has 9 nitrogen and oxygen atoms in total. The standard InChI is InChI=1S/C23H27FN4O5/c1-23(8-9-23)33-22(29)28-10-14-12-30-21(15(14)11-28)32-20-18(24)19(25-13-26-20)31-17-7-5-4-6-16(17)27(2)3/h4-7,13-15,21H,8-12H2,1-3H3. The van der Waals surface area contributed by atoms with Crippen LogP contribution in [0.5, 0.6) is 17.5 Å². The molecule has 0 spiro atoms. The number of carbonyl (C=O) groups is 1. The molecular formula is C23H27FN4O5. The van der Waals surface area contributed by atoms with Crippen molar-refractivity contribution in [1.82, 2.24) is 14.9 Å². The van der Waals surface area contributed by atoms with Crippen LogP contribution >= 0.6 is 0 Å². The summed E-state index contributed by atoms with van der Waals surface area (Å²) < 4.78 is 38.0. The van der Waals surface area contributed by atoms with E-state index in [1.165, 1.54) is 6.33 Å². The van der Waals surface area contributed by atoms with Gasteiger partial charge in [-0.15, -0.1) is 0 Å². The van der Waals surface area contributed by atoms with Crippen LogP contribution in [-0.4, -0.2) is 66.6 Å². The third-order valence-electron chi connectivity index (χ3n) is 6.37. The number of carbonyl (C=O) groups excluding carboxylic acids is 1. The van der Waals surface area contributed by atoms with Crippen LogP contribution in [-0.2, 0) is 9.47 Å². The molecule has 1 aromatic carbocycles. The van der Waals surface area contributed by atoms with E-state index in [4.69, 9.17) is 18.9 Å². The number of aromatic nitrogens is 2. The first-order valence-electron chi connectivity index (χ1n) is 11.0. The fourth-order valence-corrected chi connectivity index (χ4v) is 4.17. The Bertz CT molecular complexity index is 1050. The van der Waals surface area contributed by atoms with Crippen LogP contribution in [0.1, 0.15) is 19.8 Å². The minimum atomic E-state index is -0.811.